The van der Waals surface area contributed by atoms with Gasteiger partial charge in [0, 0.05) is 31.0 Å². The lowest BCUT2D eigenvalue weighted by molar-refractivity contribution is 0.0885. The highest BCUT2D eigenvalue weighted by Gasteiger charge is 2.14. The SMILES string of the molecule is CNCc1cc(N)cc(F)c1OC(C)COC.Cl.Cl. The van der Waals surface area contributed by atoms with E-state index in [-0.39, 0.29) is 36.7 Å². The summed E-state index contributed by atoms with van der Waals surface area (Å²) in [5.74, 6) is -0.212. The maximum Gasteiger partial charge on any atom is 0.167 e. The molecule has 0 radical (unpaired) electrons. The molecule has 0 aromatic heterocycles. The zero-order chi connectivity index (χ0) is 12.8. The van der Waals surface area contributed by atoms with Crippen LogP contribution in [-0.2, 0) is 11.3 Å². The molecule has 0 spiro atoms. The Morgan fingerprint density at radius 3 is 2.53 bits per heavy atom. The molecule has 112 valence electrons. The molecule has 7 heteroatoms. The smallest absolute Gasteiger partial charge is 0.167 e. The predicted octanol–water partition coefficient (Wildman–Crippen LogP) is 2.38. The second-order valence-corrected chi connectivity index (χ2v) is 3.91. The van der Waals surface area contributed by atoms with Crippen molar-refractivity contribution >= 4 is 30.5 Å². The molecule has 0 aliphatic rings. The van der Waals surface area contributed by atoms with Crippen LogP contribution in [0.2, 0.25) is 0 Å². The Hall–Kier alpha value is -0.750. The summed E-state index contributed by atoms with van der Waals surface area (Å²) in [5.41, 5.74) is 6.69. The molecular weight excluding hydrogens is 294 g/mol. The van der Waals surface area contributed by atoms with E-state index < -0.39 is 5.82 Å². The first-order valence-electron chi connectivity index (χ1n) is 5.46. The van der Waals surface area contributed by atoms with Crippen LogP contribution in [0.15, 0.2) is 12.1 Å². The molecule has 4 nitrogen and oxygen atoms in total. The van der Waals surface area contributed by atoms with Crippen molar-refractivity contribution in [2.75, 3.05) is 26.5 Å². The summed E-state index contributed by atoms with van der Waals surface area (Å²) in [7, 11) is 3.36. The molecule has 1 aromatic rings. The van der Waals surface area contributed by atoms with Crippen molar-refractivity contribution < 1.29 is 13.9 Å². The molecular formula is C12H21Cl2FN2O2. The zero-order valence-corrected chi connectivity index (χ0v) is 12.9. The van der Waals surface area contributed by atoms with Gasteiger partial charge >= 0.3 is 0 Å². The van der Waals surface area contributed by atoms with Gasteiger partial charge in [-0.15, -0.1) is 24.8 Å². The highest BCUT2D eigenvalue weighted by Crippen LogP contribution is 2.26. The topological polar surface area (TPSA) is 56.5 Å². The predicted molar refractivity (Wildman–Crippen MR) is 80.0 cm³/mol. The normalized spacial score (nSPS) is 11.2. The van der Waals surface area contributed by atoms with E-state index in [0.29, 0.717) is 24.4 Å². The van der Waals surface area contributed by atoms with Gasteiger partial charge in [-0.05, 0) is 20.0 Å². The van der Waals surface area contributed by atoms with Crippen LogP contribution in [0.1, 0.15) is 12.5 Å². The van der Waals surface area contributed by atoms with Crippen molar-refractivity contribution in [3.63, 3.8) is 0 Å². The second-order valence-electron chi connectivity index (χ2n) is 3.91. The fraction of sp³-hybridized carbons (Fsp3) is 0.500. The Morgan fingerprint density at radius 2 is 2.00 bits per heavy atom. The van der Waals surface area contributed by atoms with Crippen LogP contribution in [-0.4, -0.2) is 26.9 Å². The lowest BCUT2D eigenvalue weighted by Gasteiger charge is -2.18. The Bertz CT molecular complexity index is 381. The molecule has 0 saturated heterocycles. The van der Waals surface area contributed by atoms with Gasteiger partial charge in [-0.1, -0.05) is 0 Å². The third-order valence-electron chi connectivity index (χ3n) is 2.23. The molecule has 0 aliphatic heterocycles. The number of hydrogen-bond acceptors (Lipinski definition) is 4. The monoisotopic (exact) mass is 314 g/mol. The van der Waals surface area contributed by atoms with Gasteiger partial charge in [0.1, 0.15) is 6.10 Å². The largest absolute Gasteiger partial charge is 0.485 e. The molecule has 0 bridgehead atoms. The van der Waals surface area contributed by atoms with Crippen LogP contribution >= 0.6 is 24.8 Å². The van der Waals surface area contributed by atoms with E-state index in [2.05, 4.69) is 5.32 Å². The summed E-state index contributed by atoms with van der Waals surface area (Å²) in [6.45, 7) is 2.72. The molecule has 0 saturated carbocycles. The fourth-order valence-corrected chi connectivity index (χ4v) is 1.60. The first kappa shape index (κ1) is 20.6. The Labute approximate surface area is 125 Å². The minimum absolute atomic E-state index is 0. The average molecular weight is 315 g/mol. The summed E-state index contributed by atoms with van der Waals surface area (Å²) < 4.78 is 24.2. The summed E-state index contributed by atoms with van der Waals surface area (Å²) >= 11 is 0. The maximum absolute atomic E-state index is 13.8. The van der Waals surface area contributed by atoms with E-state index in [9.17, 15) is 4.39 Å². The van der Waals surface area contributed by atoms with Gasteiger partial charge in [0.25, 0.3) is 0 Å². The number of rotatable bonds is 6. The standard InChI is InChI=1S/C12H19FN2O2.2ClH/c1-8(7-16-3)17-12-9(6-15-2)4-10(14)5-11(12)13;;/h4-5,8,15H,6-7,14H2,1-3H3;2*1H. The quantitative estimate of drug-likeness (QED) is 0.792. The molecule has 3 N–H and O–H groups in total. The van der Waals surface area contributed by atoms with Gasteiger partial charge in [0.2, 0.25) is 0 Å². The van der Waals surface area contributed by atoms with Crippen molar-refractivity contribution in [3.05, 3.63) is 23.5 Å². The van der Waals surface area contributed by atoms with Gasteiger partial charge in [-0.3, -0.25) is 0 Å². The van der Waals surface area contributed by atoms with E-state index in [1.165, 1.54) is 6.07 Å². The maximum atomic E-state index is 13.8. The zero-order valence-electron chi connectivity index (χ0n) is 11.2. The third kappa shape index (κ3) is 6.29. The van der Waals surface area contributed by atoms with Crippen LogP contribution in [0.25, 0.3) is 0 Å². The fourth-order valence-electron chi connectivity index (χ4n) is 1.60. The number of nitrogens with two attached hydrogens (primary N) is 1. The van der Waals surface area contributed by atoms with Crippen molar-refractivity contribution in [1.82, 2.24) is 5.32 Å². The highest BCUT2D eigenvalue weighted by atomic mass is 35.5. The Morgan fingerprint density at radius 1 is 1.37 bits per heavy atom. The number of ether oxygens (including phenoxy) is 2. The molecule has 0 amide bonds. The molecule has 1 unspecified atom stereocenters. The van der Waals surface area contributed by atoms with Crippen LogP contribution in [0.3, 0.4) is 0 Å². The van der Waals surface area contributed by atoms with Gasteiger partial charge in [0.05, 0.1) is 6.61 Å². The minimum Gasteiger partial charge on any atom is -0.485 e. The summed E-state index contributed by atoms with van der Waals surface area (Å²) in [5, 5.41) is 2.95. The van der Waals surface area contributed by atoms with Crippen molar-refractivity contribution in [2.45, 2.75) is 19.6 Å². The van der Waals surface area contributed by atoms with E-state index in [1.807, 2.05) is 6.92 Å². The van der Waals surface area contributed by atoms with E-state index in [1.54, 1.807) is 20.2 Å². The second kappa shape index (κ2) is 10.1. The Kier molecular flexibility index (Phi) is 10.9. The number of benzene rings is 1. The van der Waals surface area contributed by atoms with Crippen LogP contribution in [0, 0.1) is 5.82 Å². The average Bonchev–Trinajstić information content (AvgIpc) is 2.24. The van der Waals surface area contributed by atoms with Gasteiger partial charge in [0.15, 0.2) is 11.6 Å². The number of halogens is 3. The summed E-state index contributed by atoms with van der Waals surface area (Å²) in [6.07, 6.45) is -0.214. The van der Waals surface area contributed by atoms with Crippen molar-refractivity contribution in [1.29, 1.82) is 0 Å². The summed E-state index contributed by atoms with van der Waals surface area (Å²) in [6, 6.07) is 2.96. The first-order chi connectivity index (χ1) is 8.08. The molecule has 1 aromatic carbocycles. The number of nitrogens with one attached hydrogen (secondary N) is 1. The van der Waals surface area contributed by atoms with E-state index in [0.717, 1.165) is 0 Å². The van der Waals surface area contributed by atoms with E-state index >= 15 is 0 Å². The lowest BCUT2D eigenvalue weighted by Crippen LogP contribution is -2.20. The molecule has 1 rings (SSSR count). The van der Waals surface area contributed by atoms with Crippen molar-refractivity contribution in [3.8, 4) is 5.75 Å². The van der Waals surface area contributed by atoms with E-state index in [4.69, 9.17) is 15.2 Å². The highest BCUT2D eigenvalue weighted by molar-refractivity contribution is 5.85. The number of methoxy groups -OCH3 is 1. The molecule has 1 atom stereocenters. The van der Waals surface area contributed by atoms with Gasteiger partial charge < -0.3 is 20.5 Å². The lowest BCUT2D eigenvalue weighted by atomic mass is 10.1. The number of hydrogen-bond donors (Lipinski definition) is 2. The van der Waals surface area contributed by atoms with Crippen LogP contribution in [0.4, 0.5) is 10.1 Å². The van der Waals surface area contributed by atoms with Crippen LogP contribution in [0.5, 0.6) is 5.75 Å². The van der Waals surface area contributed by atoms with Gasteiger partial charge in [-0.2, -0.15) is 0 Å². The van der Waals surface area contributed by atoms with Crippen LogP contribution < -0.4 is 15.8 Å². The Balaban J connectivity index is 0. The minimum atomic E-state index is -0.446. The van der Waals surface area contributed by atoms with Crippen molar-refractivity contribution in [2.24, 2.45) is 0 Å². The third-order valence-corrected chi connectivity index (χ3v) is 2.23. The summed E-state index contributed by atoms with van der Waals surface area (Å²) in [4.78, 5) is 0. The van der Waals surface area contributed by atoms with Gasteiger partial charge in [-0.25, -0.2) is 4.39 Å². The molecule has 0 aliphatic carbocycles. The first-order valence-corrected chi connectivity index (χ1v) is 5.46. The molecule has 19 heavy (non-hydrogen) atoms. The molecule has 0 heterocycles. The number of nitrogen functional groups attached to an aromatic ring is 1. The number of anilines is 1. The molecule has 0 fully saturated rings.